The lowest BCUT2D eigenvalue weighted by Gasteiger charge is -2.16. The predicted octanol–water partition coefficient (Wildman–Crippen LogP) is 1.62. The highest BCUT2D eigenvalue weighted by atomic mass is 16.6. The third-order valence-electron chi connectivity index (χ3n) is 5.43. The van der Waals surface area contributed by atoms with Crippen LogP contribution in [0.2, 0.25) is 0 Å². The van der Waals surface area contributed by atoms with Gasteiger partial charge in [-0.25, -0.2) is 0 Å². The van der Waals surface area contributed by atoms with E-state index in [1.54, 1.807) is 38.5 Å². The summed E-state index contributed by atoms with van der Waals surface area (Å²) in [6.07, 6.45) is 5.96. The molecule has 0 saturated carbocycles. The van der Waals surface area contributed by atoms with Crippen LogP contribution in [0.5, 0.6) is 0 Å². The molecule has 0 unspecified atom stereocenters. The van der Waals surface area contributed by atoms with Crippen LogP contribution >= 0.6 is 0 Å². The van der Waals surface area contributed by atoms with Gasteiger partial charge in [0.1, 0.15) is 12.2 Å². The van der Waals surface area contributed by atoms with E-state index in [0.717, 1.165) is 10.6 Å². The molecule has 0 aliphatic carbocycles. The fourth-order valence-corrected chi connectivity index (χ4v) is 3.69. The molecule has 13 heteroatoms. The number of nitrogens with zero attached hydrogens (tertiary/aromatic N) is 5. The Morgan fingerprint density at radius 2 is 1.92 bits per heavy atom. The molecule has 0 aliphatic heterocycles. The average molecular weight is 492 g/mol. The normalized spacial score (nSPS) is 10.8. The van der Waals surface area contributed by atoms with Crippen LogP contribution in [0.3, 0.4) is 0 Å². The number of nitro benzene ring substituents is 1. The summed E-state index contributed by atoms with van der Waals surface area (Å²) in [5.74, 6) is -1.12. The second-order valence-electron chi connectivity index (χ2n) is 7.64. The maximum absolute atomic E-state index is 13.0. The molecule has 4 rings (SSSR count). The minimum Gasteiger partial charge on any atom is -0.465 e. The van der Waals surface area contributed by atoms with Crippen LogP contribution in [0.25, 0.3) is 16.7 Å². The fourth-order valence-electron chi connectivity index (χ4n) is 3.69. The summed E-state index contributed by atoms with van der Waals surface area (Å²) >= 11 is 0. The number of carbonyl (C=O) groups is 2. The Balaban J connectivity index is 1.84. The molecular formula is C23H20N6O7. The topological polar surface area (TPSA) is 162 Å². The van der Waals surface area contributed by atoms with E-state index in [1.165, 1.54) is 34.0 Å². The van der Waals surface area contributed by atoms with Gasteiger partial charge in [0.2, 0.25) is 0 Å². The van der Waals surface area contributed by atoms with Gasteiger partial charge in [0.05, 0.1) is 28.1 Å². The van der Waals surface area contributed by atoms with Gasteiger partial charge >= 0.3 is 17.1 Å². The summed E-state index contributed by atoms with van der Waals surface area (Å²) in [5.41, 5.74) is -1.53. The Kier molecular flexibility index (Phi) is 6.46. The van der Waals surface area contributed by atoms with E-state index in [4.69, 9.17) is 4.74 Å². The number of hydrogen-bond acceptors (Lipinski definition) is 8. The Labute approximate surface area is 202 Å². The molecule has 4 aromatic rings. The molecule has 0 saturated heterocycles. The largest absolute Gasteiger partial charge is 0.465 e. The Morgan fingerprint density at radius 3 is 2.58 bits per heavy atom. The number of anilines is 1. The van der Waals surface area contributed by atoms with Gasteiger partial charge < -0.3 is 19.2 Å². The number of benzene rings is 1. The Morgan fingerprint density at radius 1 is 1.19 bits per heavy atom. The SMILES string of the molecule is CCOC(=O)Cn1c(=O)c(=O)[nH]c2cc([N+](=O)[O-])c(-n3ccc(C(=O)N(C)c4ccncc4)c3)cc21. The van der Waals surface area contributed by atoms with Crippen LogP contribution in [0, 0.1) is 10.1 Å². The molecule has 0 atom stereocenters. The van der Waals surface area contributed by atoms with E-state index in [9.17, 15) is 29.3 Å². The lowest BCUT2D eigenvalue weighted by Crippen LogP contribution is -2.38. The third-order valence-corrected chi connectivity index (χ3v) is 5.43. The zero-order chi connectivity index (χ0) is 26.0. The van der Waals surface area contributed by atoms with Crippen LogP contribution < -0.4 is 16.0 Å². The summed E-state index contributed by atoms with van der Waals surface area (Å²) in [6, 6.07) is 7.20. The standard InChI is InChI=1S/C23H20N6O7/c1-3-36-20(30)13-28-17-11-18(19(29(34)35)10-16(17)25-21(31)23(28)33)27-9-6-14(12-27)22(32)26(2)15-4-7-24-8-5-15/h4-12H,3,13H2,1-2H3,(H,25,31). The molecule has 3 heterocycles. The van der Waals surface area contributed by atoms with Crippen molar-refractivity contribution in [2.75, 3.05) is 18.6 Å². The Bertz CT molecular complexity index is 1600. The number of nitrogens with one attached hydrogen (secondary N) is 1. The van der Waals surface area contributed by atoms with Gasteiger partial charge in [-0.1, -0.05) is 0 Å². The van der Waals surface area contributed by atoms with Crippen molar-refractivity contribution in [1.29, 1.82) is 0 Å². The van der Waals surface area contributed by atoms with Crippen LogP contribution in [-0.2, 0) is 16.1 Å². The maximum Gasteiger partial charge on any atom is 0.326 e. The van der Waals surface area contributed by atoms with Crippen LogP contribution in [0.1, 0.15) is 17.3 Å². The highest BCUT2D eigenvalue weighted by molar-refractivity contribution is 6.05. The number of aromatic nitrogens is 4. The Hall–Kier alpha value is -5.07. The van der Waals surface area contributed by atoms with Crippen LogP contribution in [-0.4, -0.2) is 49.6 Å². The van der Waals surface area contributed by atoms with Crippen molar-refractivity contribution in [2.45, 2.75) is 13.5 Å². The molecule has 0 aliphatic rings. The number of esters is 1. The lowest BCUT2D eigenvalue weighted by atomic mass is 10.2. The van der Waals surface area contributed by atoms with Gasteiger partial charge in [-0.3, -0.25) is 38.8 Å². The number of pyridine rings is 1. The molecule has 0 radical (unpaired) electrons. The summed E-state index contributed by atoms with van der Waals surface area (Å²) in [4.78, 5) is 68.5. The zero-order valence-corrected chi connectivity index (χ0v) is 19.2. The van der Waals surface area contributed by atoms with E-state index < -0.39 is 34.2 Å². The molecule has 1 amide bonds. The van der Waals surface area contributed by atoms with Crippen LogP contribution in [0.4, 0.5) is 11.4 Å². The first kappa shape index (κ1) is 24.1. The molecule has 184 valence electrons. The summed E-state index contributed by atoms with van der Waals surface area (Å²) in [5, 5.41) is 11.8. The number of amides is 1. The number of aromatic amines is 1. The molecule has 0 bridgehead atoms. The van der Waals surface area contributed by atoms with Gasteiger partial charge in [0, 0.05) is 43.6 Å². The molecule has 13 nitrogen and oxygen atoms in total. The van der Waals surface area contributed by atoms with Crippen LogP contribution in [0.15, 0.2) is 64.7 Å². The number of hydrogen-bond donors (Lipinski definition) is 1. The first-order valence-electron chi connectivity index (χ1n) is 10.7. The smallest absolute Gasteiger partial charge is 0.326 e. The van der Waals surface area contributed by atoms with Gasteiger partial charge in [-0.2, -0.15) is 0 Å². The van der Waals surface area contributed by atoms with Crippen molar-refractivity contribution in [2.24, 2.45) is 0 Å². The van der Waals surface area contributed by atoms with Crippen molar-refractivity contribution in [3.8, 4) is 5.69 Å². The van der Waals surface area contributed by atoms with Gasteiger partial charge in [0.15, 0.2) is 0 Å². The first-order valence-corrected chi connectivity index (χ1v) is 10.7. The lowest BCUT2D eigenvalue weighted by molar-refractivity contribution is -0.384. The zero-order valence-electron chi connectivity index (χ0n) is 19.2. The quantitative estimate of drug-likeness (QED) is 0.176. The number of fused-ring (bicyclic) bond motifs is 1. The molecule has 1 aromatic carbocycles. The number of carbonyl (C=O) groups excluding carboxylic acids is 2. The number of rotatable bonds is 7. The minimum absolute atomic E-state index is 0.0137. The van der Waals surface area contributed by atoms with Gasteiger partial charge in [-0.05, 0) is 31.2 Å². The van der Waals surface area contributed by atoms with E-state index in [2.05, 4.69) is 9.97 Å². The fraction of sp³-hybridized carbons (Fsp3) is 0.174. The van der Waals surface area contributed by atoms with Crippen molar-refractivity contribution >= 4 is 34.3 Å². The number of ether oxygens (including phenoxy) is 1. The molecule has 36 heavy (non-hydrogen) atoms. The average Bonchev–Trinajstić information content (AvgIpc) is 3.36. The maximum atomic E-state index is 13.0. The molecule has 0 fully saturated rings. The van der Waals surface area contributed by atoms with E-state index >= 15 is 0 Å². The predicted molar refractivity (Wildman–Crippen MR) is 128 cm³/mol. The van der Waals surface area contributed by atoms with E-state index in [1.807, 2.05) is 0 Å². The molecule has 0 spiro atoms. The molecular weight excluding hydrogens is 472 g/mol. The molecule has 3 aromatic heterocycles. The summed E-state index contributed by atoms with van der Waals surface area (Å²) < 4.78 is 7.14. The summed E-state index contributed by atoms with van der Waals surface area (Å²) in [6.45, 7) is 1.10. The monoisotopic (exact) mass is 492 g/mol. The van der Waals surface area contributed by atoms with Crippen molar-refractivity contribution in [3.63, 3.8) is 0 Å². The summed E-state index contributed by atoms with van der Waals surface area (Å²) in [7, 11) is 1.58. The van der Waals surface area contributed by atoms with Crippen molar-refractivity contribution in [1.82, 2.24) is 19.1 Å². The molecule has 1 N–H and O–H groups in total. The van der Waals surface area contributed by atoms with E-state index in [0.29, 0.717) is 5.69 Å². The minimum atomic E-state index is -1.04. The first-order chi connectivity index (χ1) is 17.2. The number of nitro groups is 1. The van der Waals surface area contributed by atoms with E-state index in [-0.39, 0.29) is 34.8 Å². The van der Waals surface area contributed by atoms with Gasteiger partial charge in [-0.15, -0.1) is 0 Å². The van der Waals surface area contributed by atoms with Crippen molar-refractivity contribution in [3.05, 3.63) is 91.5 Å². The highest BCUT2D eigenvalue weighted by Gasteiger charge is 2.22. The second-order valence-corrected chi connectivity index (χ2v) is 7.64. The number of H-pyrrole nitrogens is 1. The highest BCUT2D eigenvalue weighted by Crippen LogP contribution is 2.28. The third kappa shape index (κ3) is 4.49. The van der Waals surface area contributed by atoms with Crippen molar-refractivity contribution < 1.29 is 19.2 Å². The second kappa shape index (κ2) is 9.66. The van der Waals surface area contributed by atoms with Gasteiger partial charge in [0.25, 0.3) is 11.6 Å².